The van der Waals surface area contributed by atoms with Crippen LogP contribution in [0.1, 0.15) is 35.2 Å². The Morgan fingerprint density at radius 1 is 1.15 bits per heavy atom. The zero-order valence-electron chi connectivity index (χ0n) is 15.1. The Hall–Kier alpha value is -2.76. The first-order chi connectivity index (χ1) is 13.1. The zero-order valence-corrected chi connectivity index (χ0v) is 15.1. The lowest BCUT2D eigenvalue weighted by Gasteiger charge is -2.18. The molecule has 0 unspecified atom stereocenters. The zero-order chi connectivity index (χ0) is 18.8. The van der Waals surface area contributed by atoms with Crippen LogP contribution in [0.25, 0.3) is 0 Å². The number of pyridine rings is 1. The highest BCUT2D eigenvalue weighted by atomic mass is 19.1. The molecule has 1 aliphatic heterocycles. The van der Waals surface area contributed by atoms with Crippen molar-refractivity contribution in [3.63, 3.8) is 0 Å². The number of nitrogens with zero attached hydrogens (tertiary/aromatic N) is 3. The van der Waals surface area contributed by atoms with Crippen LogP contribution in [0.2, 0.25) is 0 Å². The van der Waals surface area contributed by atoms with Gasteiger partial charge in [0.15, 0.2) is 5.78 Å². The number of rotatable bonds is 7. The molecular formula is C21H22FN3O2. The van der Waals surface area contributed by atoms with Crippen LogP contribution in [0.4, 0.5) is 15.0 Å². The Kier molecular flexibility index (Phi) is 4.88. The van der Waals surface area contributed by atoms with Crippen molar-refractivity contribution in [1.29, 1.82) is 0 Å². The molecular weight excluding hydrogens is 345 g/mol. The third-order valence-electron chi connectivity index (χ3n) is 5.17. The van der Waals surface area contributed by atoms with Gasteiger partial charge in [0.05, 0.1) is 0 Å². The van der Waals surface area contributed by atoms with E-state index < -0.39 is 0 Å². The smallest absolute Gasteiger partial charge is 0.322 e. The van der Waals surface area contributed by atoms with E-state index in [1.807, 2.05) is 4.90 Å². The first kappa shape index (κ1) is 17.6. The number of aromatic nitrogens is 1. The molecule has 0 N–H and O–H groups in total. The van der Waals surface area contributed by atoms with E-state index in [1.54, 1.807) is 35.4 Å². The van der Waals surface area contributed by atoms with Crippen molar-refractivity contribution in [2.24, 2.45) is 5.92 Å². The fraction of sp³-hybridized carbons (Fsp3) is 0.381. The summed E-state index contributed by atoms with van der Waals surface area (Å²) in [4.78, 5) is 32.9. The van der Waals surface area contributed by atoms with Gasteiger partial charge >= 0.3 is 6.03 Å². The van der Waals surface area contributed by atoms with Crippen molar-refractivity contribution in [2.45, 2.75) is 25.7 Å². The summed E-state index contributed by atoms with van der Waals surface area (Å²) in [5.74, 6) is 0.895. The number of hydrogen-bond acceptors (Lipinski definition) is 3. The van der Waals surface area contributed by atoms with Gasteiger partial charge in [0.2, 0.25) is 0 Å². The molecule has 2 aliphatic rings. The maximum absolute atomic E-state index is 13.0. The number of carbonyl (C=O) groups excluding carboxylic acids is 2. The maximum atomic E-state index is 13.0. The third kappa shape index (κ3) is 4.15. The van der Waals surface area contributed by atoms with E-state index in [4.69, 9.17) is 0 Å². The van der Waals surface area contributed by atoms with Gasteiger partial charge < -0.3 is 4.90 Å². The number of anilines is 1. The van der Waals surface area contributed by atoms with Crippen LogP contribution in [0.5, 0.6) is 0 Å². The number of Topliss-reactive ketones (excluding diaryl/α,β-unsaturated/α-hetero) is 1. The number of halogens is 1. The molecule has 1 aliphatic carbocycles. The Labute approximate surface area is 157 Å². The van der Waals surface area contributed by atoms with Crippen LogP contribution < -0.4 is 4.90 Å². The summed E-state index contributed by atoms with van der Waals surface area (Å²) in [7, 11) is 0. The molecule has 6 heteroatoms. The topological polar surface area (TPSA) is 53.5 Å². The molecule has 1 saturated carbocycles. The van der Waals surface area contributed by atoms with E-state index in [0.717, 1.165) is 12.1 Å². The second-order valence-corrected chi connectivity index (χ2v) is 7.28. The summed E-state index contributed by atoms with van der Waals surface area (Å²) < 4.78 is 13.0. The predicted molar refractivity (Wildman–Crippen MR) is 100 cm³/mol. The number of urea groups is 1. The minimum Gasteiger partial charge on any atom is -0.322 e. The minimum absolute atomic E-state index is 0.00976. The summed E-state index contributed by atoms with van der Waals surface area (Å²) in [5.41, 5.74) is 1.47. The lowest BCUT2D eigenvalue weighted by Crippen LogP contribution is -2.33. The van der Waals surface area contributed by atoms with Gasteiger partial charge in [-0.3, -0.25) is 9.69 Å². The fourth-order valence-corrected chi connectivity index (χ4v) is 3.37. The molecule has 1 aromatic carbocycles. The average molecular weight is 367 g/mol. The highest BCUT2D eigenvalue weighted by Crippen LogP contribution is 2.31. The Morgan fingerprint density at radius 3 is 2.67 bits per heavy atom. The van der Waals surface area contributed by atoms with Crippen LogP contribution in [0, 0.1) is 11.7 Å². The second-order valence-electron chi connectivity index (χ2n) is 7.28. The van der Waals surface area contributed by atoms with E-state index in [1.165, 1.54) is 25.0 Å². The Bertz CT molecular complexity index is 849. The number of ketones is 1. The Balaban J connectivity index is 1.40. The maximum Gasteiger partial charge on any atom is 0.325 e. The van der Waals surface area contributed by atoms with Crippen LogP contribution in [-0.4, -0.2) is 41.3 Å². The lowest BCUT2D eigenvalue weighted by molar-refractivity contribution is 0.0982. The average Bonchev–Trinajstić information content (AvgIpc) is 3.43. The molecule has 5 nitrogen and oxygen atoms in total. The van der Waals surface area contributed by atoms with E-state index in [9.17, 15) is 14.0 Å². The summed E-state index contributed by atoms with van der Waals surface area (Å²) in [6.45, 7) is 2.14. The van der Waals surface area contributed by atoms with Crippen molar-refractivity contribution in [3.05, 3.63) is 59.5 Å². The number of amides is 2. The van der Waals surface area contributed by atoms with Gasteiger partial charge in [0.25, 0.3) is 0 Å². The minimum atomic E-state index is -0.283. The van der Waals surface area contributed by atoms with Crippen molar-refractivity contribution >= 4 is 17.6 Å². The van der Waals surface area contributed by atoms with E-state index >= 15 is 0 Å². The molecule has 0 bridgehead atoms. The monoisotopic (exact) mass is 367 g/mol. The van der Waals surface area contributed by atoms with Gasteiger partial charge in [-0.2, -0.15) is 0 Å². The second kappa shape index (κ2) is 7.47. The van der Waals surface area contributed by atoms with Crippen LogP contribution in [-0.2, 0) is 6.42 Å². The molecule has 0 spiro atoms. The van der Waals surface area contributed by atoms with Gasteiger partial charge in [-0.05, 0) is 55.0 Å². The molecule has 2 heterocycles. The van der Waals surface area contributed by atoms with Crippen molar-refractivity contribution in [3.8, 4) is 0 Å². The SMILES string of the molecule is O=C(CCc1ccc(F)cc1)c1ccnc(N2CCN(CC3CC3)C2=O)c1. The number of benzene rings is 1. The molecule has 2 aromatic rings. The largest absolute Gasteiger partial charge is 0.325 e. The normalized spacial score (nSPS) is 16.9. The van der Waals surface area contributed by atoms with Gasteiger partial charge in [0, 0.05) is 37.8 Å². The highest BCUT2D eigenvalue weighted by Gasteiger charge is 2.34. The van der Waals surface area contributed by atoms with Crippen molar-refractivity contribution in [2.75, 3.05) is 24.5 Å². The van der Waals surface area contributed by atoms with Crippen LogP contribution in [0.15, 0.2) is 42.6 Å². The first-order valence-corrected chi connectivity index (χ1v) is 9.40. The van der Waals surface area contributed by atoms with E-state index in [2.05, 4.69) is 4.98 Å². The number of hydrogen-bond donors (Lipinski definition) is 0. The highest BCUT2D eigenvalue weighted by molar-refractivity contribution is 5.98. The molecule has 1 saturated heterocycles. The van der Waals surface area contributed by atoms with Crippen molar-refractivity contribution in [1.82, 2.24) is 9.88 Å². The van der Waals surface area contributed by atoms with Gasteiger partial charge in [0.1, 0.15) is 11.6 Å². The quantitative estimate of drug-likeness (QED) is 0.702. The molecule has 140 valence electrons. The van der Waals surface area contributed by atoms with Gasteiger partial charge in [-0.15, -0.1) is 0 Å². The summed E-state index contributed by atoms with van der Waals surface area (Å²) in [6, 6.07) is 9.54. The molecule has 2 amide bonds. The van der Waals surface area contributed by atoms with Gasteiger partial charge in [-0.25, -0.2) is 14.2 Å². The standard InChI is InChI=1S/C21H22FN3O2/c22-18-6-3-15(4-7-18)5-8-19(26)17-9-10-23-20(13-17)25-12-11-24(21(25)27)14-16-1-2-16/h3-4,6-7,9-10,13,16H,1-2,5,8,11-12,14H2. The summed E-state index contributed by atoms with van der Waals surface area (Å²) >= 11 is 0. The summed E-state index contributed by atoms with van der Waals surface area (Å²) in [6.07, 6.45) is 4.88. The third-order valence-corrected chi connectivity index (χ3v) is 5.17. The molecule has 27 heavy (non-hydrogen) atoms. The molecule has 0 atom stereocenters. The van der Waals surface area contributed by atoms with Crippen LogP contribution in [0.3, 0.4) is 0 Å². The molecule has 0 radical (unpaired) electrons. The summed E-state index contributed by atoms with van der Waals surface area (Å²) in [5, 5.41) is 0. The fourth-order valence-electron chi connectivity index (χ4n) is 3.37. The number of carbonyl (C=O) groups is 2. The Morgan fingerprint density at radius 2 is 1.93 bits per heavy atom. The van der Waals surface area contributed by atoms with E-state index in [-0.39, 0.29) is 17.6 Å². The van der Waals surface area contributed by atoms with Crippen LogP contribution >= 0.6 is 0 Å². The van der Waals surface area contributed by atoms with E-state index in [0.29, 0.717) is 43.2 Å². The van der Waals surface area contributed by atoms with Gasteiger partial charge in [-0.1, -0.05) is 12.1 Å². The molecule has 1 aromatic heterocycles. The number of aryl methyl sites for hydroxylation is 1. The van der Waals surface area contributed by atoms with Crippen molar-refractivity contribution < 1.29 is 14.0 Å². The predicted octanol–water partition coefficient (Wildman–Crippen LogP) is 3.69. The first-order valence-electron chi connectivity index (χ1n) is 9.40. The molecule has 2 fully saturated rings. The molecule has 4 rings (SSSR count). The lowest BCUT2D eigenvalue weighted by atomic mass is 10.0.